The number of nitro benzene ring substituents is 1. The lowest BCUT2D eigenvalue weighted by molar-refractivity contribution is -0.384. The minimum atomic E-state index is -0.446. The average Bonchev–Trinajstić information content (AvgIpc) is 2.54. The molecule has 1 atom stereocenters. The van der Waals surface area contributed by atoms with Gasteiger partial charge in [0.1, 0.15) is 0 Å². The van der Waals surface area contributed by atoms with E-state index in [2.05, 4.69) is 10.3 Å². The number of amides is 1. The molecule has 0 saturated heterocycles. The molecule has 0 aliphatic carbocycles. The Morgan fingerprint density at radius 3 is 2.68 bits per heavy atom. The van der Waals surface area contributed by atoms with E-state index in [1.165, 1.54) is 23.9 Å². The van der Waals surface area contributed by atoms with Crippen molar-refractivity contribution in [3.8, 4) is 0 Å². The molecular weight excluding hydrogens is 302 g/mol. The van der Waals surface area contributed by atoms with Crippen LogP contribution >= 0.6 is 11.8 Å². The summed E-state index contributed by atoms with van der Waals surface area (Å²) in [6.07, 6.45) is 3.38. The van der Waals surface area contributed by atoms with Gasteiger partial charge in [-0.2, -0.15) is 0 Å². The summed E-state index contributed by atoms with van der Waals surface area (Å²) >= 11 is 1.36. The van der Waals surface area contributed by atoms with Gasteiger partial charge in [-0.15, -0.1) is 11.8 Å². The van der Waals surface area contributed by atoms with E-state index in [1.54, 1.807) is 31.5 Å². The lowest BCUT2D eigenvalue weighted by Gasteiger charge is -2.11. The van der Waals surface area contributed by atoms with Gasteiger partial charge in [0.2, 0.25) is 5.91 Å². The van der Waals surface area contributed by atoms with Gasteiger partial charge in [0.05, 0.1) is 10.2 Å². The number of nitrogens with one attached hydrogen (secondary N) is 1. The molecule has 114 valence electrons. The molecule has 0 spiro atoms. The van der Waals surface area contributed by atoms with E-state index in [9.17, 15) is 14.9 Å². The van der Waals surface area contributed by atoms with Crippen LogP contribution in [0.25, 0.3) is 0 Å². The first kappa shape index (κ1) is 16.0. The van der Waals surface area contributed by atoms with Crippen molar-refractivity contribution in [2.45, 2.75) is 23.6 Å². The van der Waals surface area contributed by atoms with Crippen LogP contribution in [0.1, 0.15) is 12.5 Å². The normalized spacial score (nSPS) is 11.7. The summed E-state index contributed by atoms with van der Waals surface area (Å²) in [5.74, 6) is -0.0906. The lowest BCUT2D eigenvalue weighted by Crippen LogP contribution is -2.30. The third-order valence-corrected chi connectivity index (χ3v) is 4.03. The fourth-order valence-corrected chi connectivity index (χ4v) is 2.63. The van der Waals surface area contributed by atoms with Crippen molar-refractivity contribution in [3.63, 3.8) is 0 Å². The number of aromatic nitrogens is 1. The van der Waals surface area contributed by atoms with Gasteiger partial charge >= 0.3 is 0 Å². The highest BCUT2D eigenvalue weighted by Gasteiger charge is 2.14. The van der Waals surface area contributed by atoms with Gasteiger partial charge < -0.3 is 5.32 Å². The SMILES string of the molecule is CC(Sc1ccc([N+](=O)[O-])cc1)C(=O)NCc1cccnc1. The van der Waals surface area contributed by atoms with E-state index >= 15 is 0 Å². The van der Waals surface area contributed by atoms with Crippen LogP contribution in [-0.4, -0.2) is 21.1 Å². The van der Waals surface area contributed by atoms with Crippen LogP contribution in [0.3, 0.4) is 0 Å². The number of pyridine rings is 1. The summed E-state index contributed by atoms with van der Waals surface area (Å²) < 4.78 is 0. The molecule has 0 bridgehead atoms. The minimum absolute atomic E-state index is 0.0398. The number of nitrogens with zero attached hydrogens (tertiary/aromatic N) is 2. The summed E-state index contributed by atoms with van der Waals surface area (Å²) in [6.45, 7) is 2.22. The monoisotopic (exact) mass is 317 g/mol. The van der Waals surface area contributed by atoms with Crippen molar-refractivity contribution in [2.24, 2.45) is 0 Å². The summed E-state index contributed by atoms with van der Waals surface area (Å²) in [5, 5.41) is 13.1. The molecule has 2 aromatic rings. The molecular formula is C15H15N3O3S. The van der Waals surface area contributed by atoms with Crippen molar-refractivity contribution in [1.82, 2.24) is 10.3 Å². The number of hydrogen-bond donors (Lipinski definition) is 1. The molecule has 1 aromatic carbocycles. The van der Waals surface area contributed by atoms with Crippen LogP contribution in [0, 0.1) is 10.1 Å². The number of non-ortho nitro benzene ring substituents is 1. The highest BCUT2D eigenvalue weighted by Crippen LogP contribution is 2.25. The minimum Gasteiger partial charge on any atom is -0.351 e. The Hall–Kier alpha value is -2.41. The highest BCUT2D eigenvalue weighted by atomic mass is 32.2. The van der Waals surface area contributed by atoms with Crippen molar-refractivity contribution in [1.29, 1.82) is 0 Å². The molecule has 0 saturated carbocycles. The molecule has 6 nitrogen and oxygen atoms in total. The Morgan fingerprint density at radius 2 is 2.09 bits per heavy atom. The standard InChI is InChI=1S/C15H15N3O3S/c1-11(15(19)17-10-12-3-2-8-16-9-12)22-14-6-4-13(5-7-14)18(20)21/h2-9,11H,10H2,1H3,(H,17,19). The van der Waals surface area contributed by atoms with Gasteiger partial charge in [0.25, 0.3) is 5.69 Å². The second-order valence-electron chi connectivity index (χ2n) is 4.59. The average molecular weight is 317 g/mol. The third-order valence-electron chi connectivity index (χ3n) is 2.92. The third kappa shape index (κ3) is 4.56. The molecule has 0 aliphatic heterocycles. The van der Waals surface area contributed by atoms with Gasteiger partial charge in [-0.25, -0.2) is 0 Å². The topological polar surface area (TPSA) is 85.1 Å². The quantitative estimate of drug-likeness (QED) is 0.503. The molecule has 0 fully saturated rings. The van der Waals surface area contributed by atoms with E-state index in [1.807, 2.05) is 12.1 Å². The number of rotatable bonds is 6. The Morgan fingerprint density at radius 1 is 1.36 bits per heavy atom. The maximum Gasteiger partial charge on any atom is 0.269 e. The molecule has 1 N–H and O–H groups in total. The second-order valence-corrected chi connectivity index (χ2v) is 6.00. The van der Waals surface area contributed by atoms with Crippen LogP contribution in [0.15, 0.2) is 53.7 Å². The van der Waals surface area contributed by atoms with E-state index in [-0.39, 0.29) is 16.8 Å². The fourth-order valence-electron chi connectivity index (χ4n) is 1.74. The first-order chi connectivity index (χ1) is 10.6. The maximum atomic E-state index is 12.0. The number of carbonyl (C=O) groups is 1. The van der Waals surface area contributed by atoms with Gasteiger partial charge in [-0.3, -0.25) is 19.9 Å². The summed E-state index contributed by atoms with van der Waals surface area (Å²) in [6, 6.07) is 9.87. The number of carbonyl (C=O) groups excluding carboxylic acids is 1. The molecule has 1 aromatic heterocycles. The second kappa shape index (κ2) is 7.56. The molecule has 0 radical (unpaired) electrons. The van der Waals surface area contributed by atoms with Crippen LogP contribution in [-0.2, 0) is 11.3 Å². The Kier molecular flexibility index (Phi) is 5.48. The smallest absolute Gasteiger partial charge is 0.269 e. The highest BCUT2D eigenvalue weighted by molar-refractivity contribution is 8.00. The molecule has 22 heavy (non-hydrogen) atoms. The molecule has 1 heterocycles. The van der Waals surface area contributed by atoms with E-state index in [0.717, 1.165) is 10.5 Å². The first-order valence-corrected chi connectivity index (χ1v) is 7.52. The van der Waals surface area contributed by atoms with Crippen LogP contribution < -0.4 is 5.32 Å². The van der Waals surface area contributed by atoms with Crippen molar-refractivity contribution in [2.75, 3.05) is 0 Å². The Bertz CT molecular complexity index is 647. The Labute approximate surface area is 132 Å². The van der Waals surface area contributed by atoms with E-state index < -0.39 is 4.92 Å². The summed E-state index contributed by atoms with van der Waals surface area (Å²) in [4.78, 5) is 27.0. The zero-order chi connectivity index (χ0) is 15.9. The van der Waals surface area contributed by atoms with Crippen molar-refractivity contribution < 1.29 is 9.72 Å². The molecule has 2 rings (SSSR count). The summed E-state index contributed by atoms with van der Waals surface area (Å²) in [7, 11) is 0. The molecule has 1 amide bonds. The van der Waals surface area contributed by atoms with E-state index in [4.69, 9.17) is 0 Å². The number of benzene rings is 1. The number of nitro groups is 1. The van der Waals surface area contributed by atoms with Crippen LogP contribution in [0.4, 0.5) is 5.69 Å². The van der Waals surface area contributed by atoms with Crippen molar-refractivity contribution >= 4 is 23.4 Å². The van der Waals surface area contributed by atoms with Crippen LogP contribution in [0.2, 0.25) is 0 Å². The van der Waals surface area contributed by atoms with Crippen molar-refractivity contribution in [3.05, 3.63) is 64.5 Å². The number of hydrogen-bond acceptors (Lipinski definition) is 5. The van der Waals surface area contributed by atoms with Gasteiger partial charge in [-0.05, 0) is 30.7 Å². The Balaban J connectivity index is 1.86. The zero-order valence-corrected chi connectivity index (χ0v) is 12.7. The summed E-state index contributed by atoms with van der Waals surface area (Å²) in [5.41, 5.74) is 0.974. The largest absolute Gasteiger partial charge is 0.351 e. The zero-order valence-electron chi connectivity index (χ0n) is 11.9. The predicted octanol–water partition coefficient (Wildman–Crippen LogP) is 2.79. The molecule has 1 unspecified atom stereocenters. The number of thioether (sulfide) groups is 1. The maximum absolute atomic E-state index is 12.0. The fraction of sp³-hybridized carbons (Fsp3) is 0.200. The van der Waals surface area contributed by atoms with Gasteiger partial charge in [0.15, 0.2) is 0 Å². The predicted molar refractivity (Wildman–Crippen MR) is 84.5 cm³/mol. The van der Waals surface area contributed by atoms with Crippen LogP contribution in [0.5, 0.6) is 0 Å². The molecule has 0 aliphatic rings. The van der Waals surface area contributed by atoms with E-state index in [0.29, 0.717) is 6.54 Å². The van der Waals surface area contributed by atoms with Gasteiger partial charge in [-0.1, -0.05) is 6.07 Å². The lowest BCUT2D eigenvalue weighted by atomic mass is 10.3. The first-order valence-electron chi connectivity index (χ1n) is 6.64. The molecule has 7 heteroatoms. The van der Waals surface area contributed by atoms with Gasteiger partial charge in [0, 0.05) is 36.0 Å².